The third-order valence-electron chi connectivity index (χ3n) is 3.66. The summed E-state index contributed by atoms with van der Waals surface area (Å²) in [6, 6.07) is 2.38. The van der Waals surface area contributed by atoms with Gasteiger partial charge in [-0.2, -0.15) is 8.70 Å². The molecule has 7 nitrogen and oxygen atoms in total. The zero-order chi connectivity index (χ0) is 15.8. The first-order valence-corrected chi connectivity index (χ1v) is 7.87. The van der Waals surface area contributed by atoms with Crippen LogP contribution in [-0.4, -0.2) is 36.8 Å². The monoisotopic (exact) mass is 317 g/mol. The molecule has 0 spiro atoms. The Kier molecular flexibility index (Phi) is 4.26. The second kappa shape index (κ2) is 5.66. The highest BCUT2D eigenvalue weighted by molar-refractivity contribution is 7.89. The molecule has 0 bridgehead atoms. The van der Waals surface area contributed by atoms with Crippen molar-refractivity contribution in [3.63, 3.8) is 0 Å². The van der Waals surface area contributed by atoms with E-state index in [4.69, 9.17) is 5.73 Å². The summed E-state index contributed by atoms with van der Waals surface area (Å²) in [4.78, 5) is 9.39. The van der Waals surface area contributed by atoms with Crippen LogP contribution >= 0.6 is 0 Å². The Labute approximate surface area is 121 Å². The Bertz CT molecular complexity index is 664. The summed E-state index contributed by atoms with van der Waals surface area (Å²) in [6.45, 7) is 2.42. The van der Waals surface area contributed by atoms with Crippen molar-refractivity contribution in [2.75, 3.05) is 13.1 Å². The summed E-state index contributed by atoms with van der Waals surface area (Å²) in [5.41, 5.74) is 4.81. The van der Waals surface area contributed by atoms with Crippen LogP contribution in [0.1, 0.15) is 13.3 Å². The maximum atomic E-state index is 13.6. The Morgan fingerprint density at radius 3 is 2.67 bits per heavy atom. The van der Waals surface area contributed by atoms with Gasteiger partial charge >= 0.3 is 5.69 Å². The molecule has 0 aromatic heterocycles. The van der Waals surface area contributed by atoms with Crippen LogP contribution in [0.25, 0.3) is 0 Å². The fourth-order valence-corrected chi connectivity index (χ4v) is 4.28. The van der Waals surface area contributed by atoms with E-state index in [2.05, 4.69) is 0 Å². The number of rotatable bonds is 4. The highest BCUT2D eigenvalue weighted by Crippen LogP contribution is 2.30. The second-order valence-electron chi connectivity index (χ2n) is 5.13. The van der Waals surface area contributed by atoms with Gasteiger partial charge in [-0.3, -0.25) is 10.1 Å². The maximum Gasteiger partial charge on any atom is 0.304 e. The molecule has 2 rings (SSSR count). The van der Waals surface area contributed by atoms with Gasteiger partial charge in [-0.25, -0.2) is 8.42 Å². The van der Waals surface area contributed by atoms with Gasteiger partial charge in [-0.05, 0) is 31.9 Å². The molecule has 116 valence electrons. The lowest BCUT2D eigenvalue weighted by Crippen LogP contribution is -2.34. The van der Waals surface area contributed by atoms with Crippen molar-refractivity contribution >= 4 is 15.7 Å². The molecule has 1 aliphatic rings. The molecule has 2 atom stereocenters. The lowest BCUT2D eigenvalue weighted by molar-refractivity contribution is -0.387. The lowest BCUT2D eigenvalue weighted by Gasteiger charge is -2.21. The number of hydrogen-bond acceptors (Lipinski definition) is 5. The highest BCUT2D eigenvalue weighted by atomic mass is 32.2. The van der Waals surface area contributed by atoms with Gasteiger partial charge in [-0.1, -0.05) is 0 Å². The molecule has 0 aliphatic carbocycles. The Balaban J connectivity index is 2.36. The highest BCUT2D eigenvalue weighted by Gasteiger charge is 2.37. The molecule has 1 aromatic carbocycles. The van der Waals surface area contributed by atoms with E-state index in [0.717, 1.165) is 12.1 Å². The number of nitrogens with two attached hydrogens (primary N) is 1. The van der Waals surface area contributed by atoms with Gasteiger partial charge in [0.25, 0.3) is 0 Å². The Hall–Kier alpha value is -1.58. The standard InChI is InChI=1S/C12H16FN3O4S/c1-8-4-9(6-14)7-15(8)21(19,20)10-2-3-12(16(17)18)11(13)5-10/h2-3,5,8-9H,4,6-7,14H2,1H3. The van der Waals surface area contributed by atoms with Crippen LogP contribution in [0.15, 0.2) is 23.1 Å². The molecule has 2 N–H and O–H groups in total. The first kappa shape index (κ1) is 15.8. The molecule has 0 saturated carbocycles. The first-order valence-electron chi connectivity index (χ1n) is 6.43. The van der Waals surface area contributed by atoms with Gasteiger partial charge in [0, 0.05) is 24.7 Å². The zero-order valence-corrected chi connectivity index (χ0v) is 12.2. The summed E-state index contributed by atoms with van der Waals surface area (Å²) < 4.78 is 39.9. The molecule has 0 radical (unpaired) electrons. The van der Waals surface area contributed by atoms with Crippen LogP contribution in [0.3, 0.4) is 0 Å². The minimum absolute atomic E-state index is 0.0673. The maximum absolute atomic E-state index is 13.6. The third-order valence-corrected chi connectivity index (χ3v) is 5.64. The van der Waals surface area contributed by atoms with Gasteiger partial charge in [-0.15, -0.1) is 0 Å². The van der Waals surface area contributed by atoms with E-state index in [1.165, 1.54) is 4.31 Å². The summed E-state index contributed by atoms with van der Waals surface area (Å²) >= 11 is 0. The van der Waals surface area contributed by atoms with Crippen LogP contribution in [0.5, 0.6) is 0 Å². The molecule has 9 heteroatoms. The first-order chi connectivity index (χ1) is 9.77. The topological polar surface area (TPSA) is 107 Å². The quantitative estimate of drug-likeness (QED) is 0.661. The van der Waals surface area contributed by atoms with E-state index in [1.54, 1.807) is 6.92 Å². The van der Waals surface area contributed by atoms with Crippen molar-refractivity contribution in [1.29, 1.82) is 0 Å². The van der Waals surface area contributed by atoms with Crippen molar-refractivity contribution < 1.29 is 17.7 Å². The van der Waals surface area contributed by atoms with E-state index in [-0.39, 0.29) is 23.4 Å². The van der Waals surface area contributed by atoms with E-state index in [1.807, 2.05) is 0 Å². The number of nitrogens with zero attached hydrogens (tertiary/aromatic N) is 2. The number of benzene rings is 1. The number of nitro groups is 1. The average Bonchev–Trinajstić information content (AvgIpc) is 2.80. The Morgan fingerprint density at radius 2 is 2.19 bits per heavy atom. The van der Waals surface area contributed by atoms with Crippen molar-refractivity contribution in [3.8, 4) is 0 Å². The van der Waals surface area contributed by atoms with Crippen LogP contribution in [-0.2, 0) is 10.0 Å². The molecule has 1 fully saturated rings. The van der Waals surface area contributed by atoms with Gasteiger partial charge in [0.05, 0.1) is 9.82 Å². The van der Waals surface area contributed by atoms with Gasteiger partial charge in [0.2, 0.25) is 15.8 Å². The number of hydrogen-bond donors (Lipinski definition) is 1. The third kappa shape index (κ3) is 2.89. The zero-order valence-electron chi connectivity index (χ0n) is 11.4. The van der Waals surface area contributed by atoms with Crippen molar-refractivity contribution in [2.45, 2.75) is 24.3 Å². The second-order valence-corrected chi connectivity index (χ2v) is 7.02. The van der Waals surface area contributed by atoms with Crippen molar-refractivity contribution in [3.05, 3.63) is 34.1 Å². The lowest BCUT2D eigenvalue weighted by atomic mass is 10.1. The molecule has 1 heterocycles. The van der Waals surface area contributed by atoms with Crippen LogP contribution in [0, 0.1) is 21.8 Å². The Morgan fingerprint density at radius 1 is 1.52 bits per heavy atom. The normalized spacial score (nSPS) is 23.4. The number of halogens is 1. The molecule has 1 aromatic rings. The van der Waals surface area contributed by atoms with Crippen LogP contribution < -0.4 is 5.73 Å². The van der Waals surface area contributed by atoms with Crippen LogP contribution in [0.2, 0.25) is 0 Å². The minimum atomic E-state index is -3.88. The minimum Gasteiger partial charge on any atom is -0.330 e. The van der Waals surface area contributed by atoms with E-state index in [0.29, 0.717) is 19.0 Å². The summed E-state index contributed by atoms with van der Waals surface area (Å²) in [6.07, 6.45) is 0.644. The average molecular weight is 317 g/mol. The molecule has 0 amide bonds. The summed E-state index contributed by atoms with van der Waals surface area (Å²) in [7, 11) is -3.88. The largest absolute Gasteiger partial charge is 0.330 e. The van der Waals surface area contributed by atoms with Gasteiger partial charge in [0.1, 0.15) is 0 Å². The number of sulfonamides is 1. The number of nitro benzene ring substituents is 1. The van der Waals surface area contributed by atoms with Crippen molar-refractivity contribution in [2.24, 2.45) is 11.7 Å². The van der Waals surface area contributed by atoms with E-state index < -0.39 is 26.5 Å². The molecular weight excluding hydrogens is 301 g/mol. The van der Waals surface area contributed by atoms with Crippen LogP contribution in [0.4, 0.5) is 10.1 Å². The van der Waals surface area contributed by atoms with E-state index >= 15 is 0 Å². The molecule has 1 saturated heterocycles. The molecule has 1 aliphatic heterocycles. The van der Waals surface area contributed by atoms with Gasteiger partial charge in [0.15, 0.2) is 0 Å². The summed E-state index contributed by atoms with van der Waals surface area (Å²) in [5, 5.41) is 10.6. The van der Waals surface area contributed by atoms with Gasteiger partial charge < -0.3 is 5.73 Å². The summed E-state index contributed by atoms with van der Waals surface area (Å²) in [5.74, 6) is -1.10. The smallest absolute Gasteiger partial charge is 0.304 e. The fourth-order valence-electron chi connectivity index (χ4n) is 2.55. The molecule has 21 heavy (non-hydrogen) atoms. The van der Waals surface area contributed by atoms with Crippen molar-refractivity contribution in [1.82, 2.24) is 4.31 Å². The fraction of sp³-hybridized carbons (Fsp3) is 0.500. The predicted molar refractivity (Wildman–Crippen MR) is 73.6 cm³/mol. The molecule has 2 unspecified atom stereocenters. The van der Waals surface area contributed by atoms with E-state index in [9.17, 15) is 22.9 Å². The SMILES string of the molecule is CC1CC(CN)CN1S(=O)(=O)c1ccc([N+](=O)[O-])c(F)c1. The molecular formula is C12H16FN3O4S. The predicted octanol–water partition coefficient (Wildman–Crippen LogP) is 1.09.